The van der Waals surface area contributed by atoms with Crippen LogP contribution in [-0.4, -0.2) is 40.8 Å². The first kappa shape index (κ1) is 15.8. The van der Waals surface area contributed by atoms with Crippen LogP contribution in [0.3, 0.4) is 0 Å². The Morgan fingerprint density at radius 2 is 2.00 bits per heavy atom. The Labute approximate surface area is 134 Å². The van der Waals surface area contributed by atoms with E-state index in [1.165, 1.54) is 27.3 Å². The number of benzene rings is 1. The summed E-state index contributed by atoms with van der Waals surface area (Å²) in [5.74, 6) is -0.275. The minimum atomic E-state index is -3.57. The molecule has 0 unspecified atom stereocenters. The minimum absolute atomic E-state index is 0.0926. The molecule has 0 saturated carbocycles. The maximum Gasteiger partial charge on any atom is 0.261 e. The zero-order valence-corrected chi connectivity index (χ0v) is 13.5. The van der Waals surface area contributed by atoms with E-state index in [0.717, 1.165) is 11.1 Å². The summed E-state index contributed by atoms with van der Waals surface area (Å²) in [4.78, 5) is 0. The number of aryl methyl sites for hydroxylation is 1. The molecule has 2 heterocycles. The lowest BCUT2D eigenvalue weighted by Gasteiger charge is -2.27. The molecule has 122 valence electrons. The average molecular weight is 336 g/mol. The highest BCUT2D eigenvalue weighted by atomic mass is 32.2. The van der Waals surface area contributed by atoms with Gasteiger partial charge in [-0.15, -0.1) is 5.10 Å². The molecule has 1 aromatic heterocycles. The molecule has 1 saturated heterocycles. The highest BCUT2D eigenvalue weighted by molar-refractivity contribution is 7.89. The van der Waals surface area contributed by atoms with Crippen LogP contribution in [0.5, 0.6) is 0 Å². The molecule has 0 N–H and O–H groups in total. The topological polar surface area (TPSA) is 68.1 Å². The van der Waals surface area contributed by atoms with Crippen molar-refractivity contribution < 1.29 is 12.8 Å². The van der Waals surface area contributed by atoms with Crippen molar-refractivity contribution in [2.45, 2.75) is 17.9 Å². The Kier molecular flexibility index (Phi) is 4.27. The maximum atomic E-state index is 13.2. The molecule has 23 heavy (non-hydrogen) atoms. The zero-order chi connectivity index (χ0) is 16.4. The number of halogens is 1. The van der Waals surface area contributed by atoms with E-state index in [4.69, 9.17) is 0 Å². The number of sulfonamides is 1. The van der Waals surface area contributed by atoms with Crippen LogP contribution < -0.4 is 0 Å². The lowest BCUT2D eigenvalue weighted by atomic mass is 10.0. The molecule has 2 aromatic rings. The molecule has 0 bridgehead atoms. The van der Waals surface area contributed by atoms with Crippen LogP contribution in [-0.2, 0) is 17.1 Å². The second-order valence-electron chi connectivity index (χ2n) is 5.46. The van der Waals surface area contributed by atoms with Crippen LogP contribution in [0.25, 0.3) is 6.08 Å². The van der Waals surface area contributed by atoms with Crippen molar-refractivity contribution in [2.24, 2.45) is 7.05 Å². The smallest absolute Gasteiger partial charge is 0.236 e. The summed E-state index contributed by atoms with van der Waals surface area (Å²) >= 11 is 0. The summed E-state index contributed by atoms with van der Waals surface area (Å²) in [6.07, 6.45) is 4.44. The molecule has 1 aliphatic heterocycles. The third-order valence-corrected chi connectivity index (χ3v) is 5.80. The van der Waals surface area contributed by atoms with E-state index in [1.807, 2.05) is 12.1 Å². The standard InChI is InChI=1S/C15H17FN4O2S/c1-19-15(11-17-18-19)23(21,22)20-7-5-12(6-8-20)9-13-3-2-4-14(16)10-13/h2-4,9-11H,5-8H2,1H3. The molecule has 3 rings (SSSR count). The highest BCUT2D eigenvalue weighted by Gasteiger charge is 2.29. The fourth-order valence-electron chi connectivity index (χ4n) is 2.64. The fourth-order valence-corrected chi connectivity index (χ4v) is 4.11. The summed E-state index contributed by atoms with van der Waals surface area (Å²) in [5, 5.41) is 7.39. The number of hydrogen-bond acceptors (Lipinski definition) is 4. The molecule has 6 nitrogen and oxygen atoms in total. The van der Waals surface area contributed by atoms with E-state index < -0.39 is 10.0 Å². The minimum Gasteiger partial charge on any atom is -0.236 e. The fraction of sp³-hybridized carbons (Fsp3) is 0.333. The van der Waals surface area contributed by atoms with Crippen LogP contribution >= 0.6 is 0 Å². The van der Waals surface area contributed by atoms with Crippen LogP contribution in [0, 0.1) is 5.82 Å². The zero-order valence-electron chi connectivity index (χ0n) is 12.7. The summed E-state index contributed by atoms with van der Waals surface area (Å²) in [6.45, 7) is 0.795. The molecule has 0 radical (unpaired) electrons. The number of nitrogens with zero attached hydrogens (tertiary/aromatic N) is 4. The van der Waals surface area contributed by atoms with E-state index in [0.29, 0.717) is 25.9 Å². The number of rotatable bonds is 3. The van der Waals surface area contributed by atoms with Crippen molar-refractivity contribution in [1.82, 2.24) is 19.3 Å². The van der Waals surface area contributed by atoms with Crippen LogP contribution in [0.1, 0.15) is 18.4 Å². The Bertz CT molecular complexity index is 835. The largest absolute Gasteiger partial charge is 0.261 e. The first-order valence-corrected chi connectivity index (χ1v) is 8.71. The third kappa shape index (κ3) is 3.32. The molecule has 8 heteroatoms. The summed E-state index contributed by atoms with van der Waals surface area (Å²) < 4.78 is 41.0. The van der Waals surface area contributed by atoms with E-state index in [-0.39, 0.29) is 10.8 Å². The Hall–Kier alpha value is -2.06. The summed E-state index contributed by atoms with van der Waals surface area (Å²) in [5.41, 5.74) is 1.91. The summed E-state index contributed by atoms with van der Waals surface area (Å²) in [7, 11) is -2.01. The van der Waals surface area contributed by atoms with Crippen molar-refractivity contribution in [3.63, 3.8) is 0 Å². The number of aromatic nitrogens is 3. The summed E-state index contributed by atoms with van der Waals surface area (Å²) in [6, 6.07) is 6.37. The lowest BCUT2D eigenvalue weighted by molar-refractivity contribution is 0.383. The van der Waals surface area contributed by atoms with Gasteiger partial charge in [0.2, 0.25) is 0 Å². The van der Waals surface area contributed by atoms with Crippen LogP contribution in [0.15, 0.2) is 41.1 Å². The predicted octanol–water partition coefficient (Wildman–Crippen LogP) is 1.82. The Morgan fingerprint density at radius 1 is 1.26 bits per heavy atom. The van der Waals surface area contributed by atoms with Crippen molar-refractivity contribution in [3.8, 4) is 0 Å². The normalized spacial score (nSPS) is 16.5. The molecule has 0 atom stereocenters. The molecular formula is C15H17FN4O2S. The van der Waals surface area contributed by atoms with Crippen molar-refractivity contribution in [2.75, 3.05) is 13.1 Å². The van der Waals surface area contributed by atoms with Gasteiger partial charge in [-0.25, -0.2) is 17.5 Å². The van der Waals surface area contributed by atoms with Gasteiger partial charge in [0.05, 0.1) is 6.20 Å². The second kappa shape index (κ2) is 6.21. The van der Waals surface area contributed by atoms with Crippen molar-refractivity contribution in [3.05, 3.63) is 47.4 Å². The van der Waals surface area contributed by atoms with Crippen molar-refractivity contribution >= 4 is 16.1 Å². The van der Waals surface area contributed by atoms with Gasteiger partial charge in [-0.05, 0) is 30.5 Å². The van der Waals surface area contributed by atoms with Crippen LogP contribution in [0.2, 0.25) is 0 Å². The van der Waals surface area contributed by atoms with Crippen LogP contribution in [0.4, 0.5) is 4.39 Å². The molecule has 0 amide bonds. The Morgan fingerprint density at radius 3 is 2.61 bits per heavy atom. The SMILES string of the molecule is Cn1nncc1S(=O)(=O)N1CCC(=Cc2cccc(F)c2)CC1. The van der Waals surface area contributed by atoms with Gasteiger partial charge >= 0.3 is 0 Å². The molecule has 1 aliphatic rings. The molecule has 0 aliphatic carbocycles. The molecule has 1 aromatic carbocycles. The maximum absolute atomic E-state index is 13.2. The Balaban J connectivity index is 1.73. The number of piperidine rings is 1. The monoisotopic (exact) mass is 336 g/mol. The molecular weight excluding hydrogens is 319 g/mol. The van der Waals surface area contributed by atoms with Gasteiger partial charge in [0.15, 0.2) is 5.03 Å². The number of hydrogen-bond donors (Lipinski definition) is 0. The quantitative estimate of drug-likeness (QED) is 0.857. The second-order valence-corrected chi connectivity index (χ2v) is 7.34. The first-order chi connectivity index (χ1) is 11.0. The van der Waals surface area contributed by atoms with E-state index in [2.05, 4.69) is 10.3 Å². The lowest BCUT2D eigenvalue weighted by Crippen LogP contribution is -2.37. The van der Waals surface area contributed by atoms with E-state index >= 15 is 0 Å². The average Bonchev–Trinajstić information content (AvgIpc) is 2.95. The van der Waals surface area contributed by atoms with Gasteiger partial charge in [-0.2, -0.15) is 4.31 Å². The van der Waals surface area contributed by atoms with Gasteiger partial charge in [-0.1, -0.05) is 29.0 Å². The predicted molar refractivity (Wildman–Crippen MR) is 83.4 cm³/mol. The molecule has 1 fully saturated rings. The van der Waals surface area contributed by atoms with E-state index in [9.17, 15) is 12.8 Å². The molecule has 0 spiro atoms. The van der Waals surface area contributed by atoms with Gasteiger partial charge in [0, 0.05) is 20.1 Å². The first-order valence-electron chi connectivity index (χ1n) is 7.26. The van der Waals surface area contributed by atoms with Gasteiger partial charge in [-0.3, -0.25) is 0 Å². The third-order valence-electron chi connectivity index (χ3n) is 3.86. The van der Waals surface area contributed by atoms with E-state index in [1.54, 1.807) is 13.1 Å². The van der Waals surface area contributed by atoms with Gasteiger partial charge in [0.1, 0.15) is 5.82 Å². The van der Waals surface area contributed by atoms with Gasteiger partial charge in [0.25, 0.3) is 10.0 Å². The van der Waals surface area contributed by atoms with Crippen molar-refractivity contribution in [1.29, 1.82) is 0 Å². The highest BCUT2D eigenvalue weighted by Crippen LogP contribution is 2.24. The van der Waals surface area contributed by atoms with Gasteiger partial charge < -0.3 is 0 Å².